The number of pyridine rings is 1. The summed E-state index contributed by atoms with van der Waals surface area (Å²) in [5, 5.41) is 7.46. The molecule has 158 valence electrons. The SMILES string of the molecule is C[C@H]1[C@H](NC(=O)c2cc3c(C#CCN4CCNCC4)coc3cn2)C2CCN1CC2. The van der Waals surface area contributed by atoms with Crippen molar-refractivity contribution in [2.45, 2.75) is 31.8 Å². The van der Waals surface area contributed by atoms with E-state index < -0.39 is 0 Å². The smallest absolute Gasteiger partial charge is 0.270 e. The molecule has 1 amide bonds. The largest absolute Gasteiger partial charge is 0.461 e. The second-order valence-corrected chi connectivity index (χ2v) is 8.66. The van der Waals surface area contributed by atoms with Gasteiger partial charge in [-0.15, -0.1) is 0 Å². The maximum atomic E-state index is 13.0. The molecule has 4 aliphatic rings. The summed E-state index contributed by atoms with van der Waals surface area (Å²) in [6.45, 7) is 9.32. The first kappa shape index (κ1) is 19.6. The minimum Gasteiger partial charge on any atom is -0.461 e. The Balaban J connectivity index is 1.31. The number of hydrogen-bond acceptors (Lipinski definition) is 6. The van der Waals surface area contributed by atoms with Gasteiger partial charge in [0, 0.05) is 43.6 Å². The van der Waals surface area contributed by atoms with Crippen LogP contribution >= 0.6 is 0 Å². The lowest BCUT2D eigenvalue weighted by molar-refractivity contribution is 0.0216. The van der Waals surface area contributed by atoms with E-state index in [0.29, 0.717) is 23.2 Å². The van der Waals surface area contributed by atoms with Crippen molar-refractivity contribution in [2.24, 2.45) is 5.92 Å². The van der Waals surface area contributed by atoms with Gasteiger partial charge < -0.3 is 15.1 Å². The minimum atomic E-state index is -0.108. The molecule has 6 heterocycles. The first-order valence-corrected chi connectivity index (χ1v) is 11.0. The average Bonchev–Trinajstić information content (AvgIpc) is 3.19. The van der Waals surface area contributed by atoms with Crippen molar-refractivity contribution >= 4 is 16.9 Å². The van der Waals surface area contributed by atoms with Crippen LogP contribution in [0, 0.1) is 17.8 Å². The standard InChI is InChI=1S/C23H29N5O2/c1-16-22(17-4-9-28(16)10-5-17)26-23(29)20-13-19-18(15-30-21(19)14-25-20)3-2-8-27-11-6-24-7-12-27/h13-17,22,24H,4-12H2,1H3,(H,26,29)/t16-,22-/m0/s1. The first-order chi connectivity index (χ1) is 14.7. The topological polar surface area (TPSA) is 73.6 Å². The molecule has 0 spiro atoms. The van der Waals surface area contributed by atoms with Gasteiger partial charge in [-0.1, -0.05) is 11.8 Å². The lowest BCUT2D eigenvalue weighted by Gasteiger charge is -2.49. The van der Waals surface area contributed by atoms with Crippen molar-refractivity contribution in [3.63, 3.8) is 0 Å². The third-order valence-corrected chi connectivity index (χ3v) is 6.90. The maximum Gasteiger partial charge on any atom is 0.270 e. The van der Waals surface area contributed by atoms with Crippen molar-refractivity contribution in [3.05, 3.63) is 29.8 Å². The third kappa shape index (κ3) is 3.83. The van der Waals surface area contributed by atoms with Gasteiger partial charge in [0.05, 0.1) is 18.3 Å². The van der Waals surface area contributed by atoms with Gasteiger partial charge in [-0.2, -0.15) is 0 Å². The van der Waals surface area contributed by atoms with Crippen LogP contribution in [-0.2, 0) is 0 Å². The lowest BCUT2D eigenvalue weighted by Crippen LogP contribution is -2.62. The number of nitrogens with one attached hydrogen (secondary N) is 2. The number of piperidine rings is 3. The van der Waals surface area contributed by atoms with E-state index >= 15 is 0 Å². The molecule has 30 heavy (non-hydrogen) atoms. The van der Waals surface area contributed by atoms with Gasteiger partial charge in [-0.25, -0.2) is 4.98 Å². The lowest BCUT2D eigenvalue weighted by atomic mass is 9.79. The molecule has 2 atom stereocenters. The van der Waals surface area contributed by atoms with Gasteiger partial charge in [0.15, 0.2) is 5.58 Å². The molecule has 2 aromatic rings. The van der Waals surface area contributed by atoms with E-state index in [2.05, 4.69) is 44.2 Å². The summed E-state index contributed by atoms with van der Waals surface area (Å²) in [6, 6.07) is 2.39. The molecular weight excluding hydrogens is 378 g/mol. The Morgan fingerprint density at radius 1 is 1.30 bits per heavy atom. The predicted octanol–water partition coefficient (Wildman–Crippen LogP) is 1.30. The van der Waals surface area contributed by atoms with E-state index in [1.165, 1.54) is 0 Å². The normalized spacial score (nSPS) is 28.8. The quantitative estimate of drug-likeness (QED) is 0.748. The summed E-state index contributed by atoms with van der Waals surface area (Å²) in [7, 11) is 0. The number of aromatic nitrogens is 1. The van der Waals surface area contributed by atoms with E-state index in [1.807, 2.05) is 6.07 Å². The van der Waals surface area contributed by atoms with E-state index in [1.54, 1.807) is 12.5 Å². The second kappa shape index (κ2) is 8.38. The van der Waals surface area contributed by atoms with Crippen LogP contribution in [0.15, 0.2) is 22.9 Å². The number of carbonyl (C=O) groups excluding carboxylic acids is 1. The zero-order valence-corrected chi connectivity index (χ0v) is 17.5. The Kier molecular flexibility index (Phi) is 5.47. The Labute approximate surface area is 177 Å². The van der Waals surface area contributed by atoms with E-state index in [4.69, 9.17) is 4.42 Å². The average molecular weight is 408 g/mol. The zero-order valence-electron chi connectivity index (χ0n) is 17.5. The first-order valence-electron chi connectivity index (χ1n) is 11.0. The van der Waals surface area contributed by atoms with Gasteiger partial charge in [0.25, 0.3) is 5.91 Å². The highest BCUT2D eigenvalue weighted by atomic mass is 16.3. The molecule has 7 nitrogen and oxygen atoms in total. The zero-order chi connectivity index (χ0) is 20.5. The number of carbonyl (C=O) groups is 1. The fourth-order valence-electron chi connectivity index (χ4n) is 5.04. The van der Waals surface area contributed by atoms with Gasteiger partial charge >= 0.3 is 0 Å². The molecule has 0 aliphatic carbocycles. The molecule has 2 aromatic heterocycles. The van der Waals surface area contributed by atoms with Crippen LogP contribution in [-0.4, -0.2) is 78.6 Å². The molecule has 4 aliphatic heterocycles. The molecule has 2 bridgehead atoms. The molecular formula is C23H29N5O2. The fraction of sp³-hybridized carbons (Fsp3) is 0.565. The van der Waals surface area contributed by atoms with Crippen LogP contribution < -0.4 is 10.6 Å². The van der Waals surface area contributed by atoms with E-state index in [9.17, 15) is 4.79 Å². The number of nitrogens with zero attached hydrogens (tertiary/aromatic N) is 3. The van der Waals surface area contributed by atoms with Crippen LogP contribution in [0.2, 0.25) is 0 Å². The fourth-order valence-corrected chi connectivity index (χ4v) is 5.04. The molecule has 0 radical (unpaired) electrons. The van der Waals surface area contributed by atoms with Crippen LogP contribution in [0.4, 0.5) is 0 Å². The summed E-state index contributed by atoms with van der Waals surface area (Å²) in [5.41, 5.74) is 1.90. The third-order valence-electron chi connectivity index (χ3n) is 6.90. The van der Waals surface area contributed by atoms with Crippen LogP contribution in [0.25, 0.3) is 11.0 Å². The number of amides is 1. The molecule has 7 heteroatoms. The highest BCUT2D eigenvalue weighted by molar-refractivity contribution is 5.97. The maximum absolute atomic E-state index is 13.0. The highest BCUT2D eigenvalue weighted by Gasteiger charge is 2.40. The molecule has 2 N–H and O–H groups in total. The van der Waals surface area contributed by atoms with Gasteiger partial charge in [-0.05, 0) is 44.8 Å². The number of fused-ring (bicyclic) bond motifs is 4. The number of rotatable bonds is 3. The molecule has 6 rings (SSSR count). The van der Waals surface area contributed by atoms with Crippen molar-refractivity contribution in [1.82, 2.24) is 25.4 Å². The summed E-state index contributed by atoms with van der Waals surface area (Å²) in [5.74, 6) is 6.93. The Morgan fingerprint density at radius 3 is 2.87 bits per heavy atom. The van der Waals surface area contributed by atoms with E-state index in [0.717, 1.165) is 69.6 Å². The number of piperazine rings is 1. The Morgan fingerprint density at radius 2 is 2.10 bits per heavy atom. The number of furan rings is 1. The van der Waals surface area contributed by atoms with Crippen molar-refractivity contribution in [1.29, 1.82) is 0 Å². The van der Waals surface area contributed by atoms with Crippen LogP contribution in [0.5, 0.6) is 0 Å². The van der Waals surface area contributed by atoms with Crippen molar-refractivity contribution < 1.29 is 9.21 Å². The molecule has 0 saturated carbocycles. The van der Waals surface area contributed by atoms with Gasteiger partial charge in [-0.3, -0.25) is 14.6 Å². The summed E-state index contributed by atoms with van der Waals surface area (Å²) in [6.07, 6.45) is 5.62. The summed E-state index contributed by atoms with van der Waals surface area (Å²) in [4.78, 5) is 22.1. The monoisotopic (exact) mass is 407 g/mol. The molecule has 0 aromatic carbocycles. The molecule has 0 unspecified atom stereocenters. The van der Waals surface area contributed by atoms with Crippen LogP contribution in [0.3, 0.4) is 0 Å². The highest BCUT2D eigenvalue weighted by Crippen LogP contribution is 2.32. The summed E-state index contributed by atoms with van der Waals surface area (Å²) >= 11 is 0. The Hall–Kier alpha value is -2.40. The second-order valence-electron chi connectivity index (χ2n) is 8.66. The van der Waals surface area contributed by atoms with Gasteiger partial charge in [0.2, 0.25) is 0 Å². The minimum absolute atomic E-state index is 0.108. The van der Waals surface area contributed by atoms with Gasteiger partial charge in [0.1, 0.15) is 12.0 Å². The Bertz CT molecular complexity index is 974. The molecule has 4 saturated heterocycles. The van der Waals surface area contributed by atoms with Crippen molar-refractivity contribution in [3.8, 4) is 11.8 Å². The number of hydrogen-bond donors (Lipinski definition) is 2. The van der Waals surface area contributed by atoms with E-state index in [-0.39, 0.29) is 11.9 Å². The predicted molar refractivity (Wildman–Crippen MR) is 115 cm³/mol. The summed E-state index contributed by atoms with van der Waals surface area (Å²) < 4.78 is 5.61. The van der Waals surface area contributed by atoms with Crippen LogP contribution in [0.1, 0.15) is 35.8 Å². The van der Waals surface area contributed by atoms with Crippen molar-refractivity contribution in [2.75, 3.05) is 45.8 Å². The molecule has 4 fully saturated rings.